The molecule has 0 radical (unpaired) electrons. The molecule has 1 aromatic carbocycles. The van der Waals surface area contributed by atoms with E-state index in [0.29, 0.717) is 0 Å². The first-order valence-electron chi connectivity index (χ1n) is 7.84. The van der Waals surface area contributed by atoms with E-state index in [1.165, 1.54) is 25.7 Å². The van der Waals surface area contributed by atoms with Gasteiger partial charge in [0.25, 0.3) is 0 Å². The minimum atomic E-state index is 0.0650. The van der Waals surface area contributed by atoms with E-state index in [4.69, 9.17) is 0 Å². The maximum absolute atomic E-state index is 11.8. The molecule has 3 heteroatoms. The van der Waals surface area contributed by atoms with Crippen LogP contribution >= 0.6 is 0 Å². The van der Waals surface area contributed by atoms with Crippen molar-refractivity contribution in [1.82, 2.24) is 0 Å². The number of amides is 1. The van der Waals surface area contributed by atoms with E-state index >= 15 is 0 Å². The summed E-state index contributed by atoms with van der Waals surface area (Å²) in [5.41, 5.74) is 2.01. The number of carbonyl (C=O) groups is 1. The highest BCUT2D eigenvalue weighted by molar-refractivity contribution is 5.92. The van der Waals surface area contributed by atoms with Gasteiger partial charge in [0, 0.05) is 23.8 Å². The normalized spacial score (nSPS) is 16.9. The molecule has 110 valence electrons. The van der Waals surface area contributed by atoms with E-state index in [0.717, 1.165) is 30.3 Å². The smallest absolute Gasteiger partial charge is 0.227 e. The lowest BCUT2D eigenvalue weighted by Crippen LogP contribution is -2.19. The van der Waals surface area contributed by atoms with E-state index in [-0.39, 0.29) is 11.8 Å². The molecule has 20 heavy (non-hydrogen) atoms. The van der Waals surface area contributed by atoms with Crippen LogP contribution in [0.5, 0.6) is 0 Å². The van der Waals surface area contributed by atoms with E-state index in [1.54, 1.807) is 0 Å². The Morgan fingerprint density at radius 1 is 1.20 bits per heavy atom. The zero-order chi connectivity index (χ0) is 14.4. The number of rotatable bonds is 6. The molecule has 1 unspecified atom stereocenters. The number of benzene rings is 1. The van der Waals surface area contributed by atoms with Crippen LogP contribution in [-0.2, 0) is 4.79 Å². The first-order chi connectivity index (χ1) is 9.69. The first kappa shape index (κ1) is 14.9. The van der Waals surface area contributed by atoms with Crippen LogP contribution in [0.3, 0.4) is 0 Å². The highest BCUT2D eigenvalue weighted by Gasteiger charge is 2.14. The van der Waals surface area contributed by atoms with Gasteiger partial charge in [-0.1, -0.05) is 26.7 Å². The van der Waals surface area contributed by atoms with Crippen molar-refractivity contribution in [3.63, 3.8) is 0 Å². The van der Waals surface area contributed by atoms with Gasteiger partial charge in [0.2, 0.25) is 5.91 Å². The van der Waals surface area contributed by atoms with Crippen molar-refractivity contribution in [2.45, 2.75) is 46.0 Å². The lowest BCUT2D eigenvalue weighted by molar-refractivity contribution is -0.119. The van der Waals surface area contributed by atoms with Crippen molar-refractivity contribution in [1.29, 1.82) is 0 Å². The summed E-state index contributed by atoms with van der Waals surface area (Å²) in [6, 6.07) is 8.02. The monoisotopic (exact) mass is 274 g/mol. The van der Waals surface area contributed by atoms with Gasteiger partial charge in [-0.15, -0.1) is 0 Å². The van der Waals surface area contributed by atoms with Gasteiger partial charge < -0.3 is 10.6 Å². The number of anilines is 2. The number of carbonyl (C=O) groups excluding carboxylic acids is 1. The van der Waals surface area contributed by atoms with Gasteiger partial charge in [-0.25, -0.2) is 0 Å². The molecule has 1 aliphatic carbocycles. The van der Waals surface area contributed by atoms with Crippen LogP contribution < -0.4 is 10.6 Å². The fraction of sp³-hybridized carbons (Fsp3) is 0.588. The molecule has 0 aliphatic heterocycles. The van der Waals surface area contributed by atoms with E-state index in [1.807, 2.05) is 38.1 Å². The van der Waals surface area contributed by atoms with Gasteiger partial charge in [-0.05, 0) is 49.4 Å². The third kappa shape index (κ3) is 4.26. The zero-order valence-corrected chi connectivity index (χ0v) is 12.6. The molecule has 1 fully saturated rings. The van der Waals surface area contributed by atoms with Crippen LogP contribution in [0.1, 0.15) is 46.0 Å². The van der Waals surface area contributed by atoms with Gasteiger partial charge in [0.05, 0.1) is 0 Å². The number of nitrogens with one attached hydrogen (secondary N) is 2. The van der Waals surface area contributed by atoms with Gasteiger partial charge in [-0.3, -0.25) is 4.79 Å². The molecule has 3 nitrogen and oxygen atoms in total. The predicted molar refractivity (Wildman–Crippen MR) is 85.0 cm³/mol. The molecular formula is C17H26N2O. The summed E-state index contributed by atoms with van der Waals surface area (Å²) in [4.78, 5) is 11.8. The highest BCUT2D eigenvalue weighted by atomic mass is 16.1. The molecule has 0 bridgehead atoms. The van der Waals surface area contributed by atoms with Gasteiger partial charge in [-0.2, -0.15) is 0 Å². The third-order valence-corrected chi connectivity index (χ3v) is 4.28. The van der Waals surface area contributed by atoms with Gasteiger partial charge >= 0.3 is 0 Å². The SMILES string of the molecule is CCC(C)C(=O)Nc1ccc(NCC2CCCC2)cc1. The maximum Gasteiger partial charge on any atom is 0.227 e. The number of hydrogen-bond acceptors (Lipinski definition) is 2. The average molecular weight is 274 g/mol. The molecule has 0 aromatic heterocycles. The molecule has 1 aliphatic rings. The minimum absolute atomic E-state index is 0.0650. The second kappa shape index (κ2) is 7.32. The Hall–Kier alpha value is -1.51. The maximum atomic E-state index is 11.8. The molecule has 2 rings (SSSR count). The van der Waals surface area contributed by atoms with E-state index in [2.05, 4.69) is 10.6 Å². The van der Waals surface area contributed by atoms with Crippen LogP contribution in [0.15, 0.2) is 24.3 Å². The summed E-state index contributed by atoms with van der Waals surface area (Å²) >= 11 is 0. The Bertz CT molecular complexity index is 421. The largest absolute Gasteiger partial charge is 0.385 e. The zero-order valence-electron chi connectivity index (χ0n) is 12.6. The highest BCUT2D eigenvalue weighted by Crippen LogP contribution is 2.25. The summed E-state index contributed by atoms with van der Waals surface area (Å²) in [6.45, 7) is 5.05. The summed E-state index contributed by atoms with van der Waals surface area (Å²) in [7, 11) is 0. The summed E-state index contributed by atoms with van der Waals surface area (Å²) in [6.07, 6.45) is 6.35. The van der Waals surface area contributed by atoms with Gasteiger partial charge in [0.15, 0.2) is 0 Å². The average Bonchev–Trinajstić information content (AvgIpc) is 2.99. The van der Waals surface area contributed by atoms with Crippen molar-refractivity contribution in [3.8, 4) is 0 Å². The van der Waals surface area contributed by atoms with Crippen LogP contribution in [0.4, 0.5) is 11.4 Å². The quantitative estimate of drug-likeness (QED) is 0.813. The minimum Gasteiger partial charge on any atom is -0.385 e. The van der Waals surface area contributed by atoms with Crippen LogP contribution in [-0.4, -0.2) is 12.5 Å². The number of hydrogen-bond donors (Lipinski definition) is 2. The third-order valence-electron chi connectivity index (χ3n) is 4.28. The summed E-state index contributed by atoms with van der Waals surface area (Å²) in [5, 5.41) is 6.44. The van der Waals surface area contributed by atoms with Crippen molar-refractivity contribution in [2.75, 3.05) is 17.2 Å². The van der Waals surface area contributed by atoms with Crippen LogP contribution in [0.25, 0.3) is 0 Å². The molecular weight excluding hydrogens is 248 g/mol. The topological polar surface area (TPSA) is 41.1 Å². The Morgan fingerprint density at radius 2 is 1.80 bits per heavy atom. The first-order valence-corrected chi connectivity index (χ1v) is 7.84. The standard InChI is InChI=1S/C17H26N2O/c1-3-13(2)17(20)19-16-10-8-15(9-11-16)18-12-14-6-4-5-7-14/h8-11,13-14,18H,3-7,12H2,1-2H3,(H,19,20). The molecule has 2 N–H and O–H groups in total. The van der Waals surface area contributed by atoms with E-state index < -0.39 is 0 Å². The Morgan fingerprint density at radius 3 is 2.40 bits per heavy atom. The summed E-state index contributed by atoms with van der Waals surface area (Å²) < 4.78 is 0. The van der Waals surface area contributed by atoms with Crippen LogP contribution in [0.2, 0.25) is 0 Å². The Balaban J connectivity index is 1.81. The second-order valence-electron chi connectivity index (χ2n) is 5.91. The van der Waals surface area contributed by atoms with Gasteiger partial charge in [0.1, 0.15) is 0 Å². The second-order valence-corrected chi connectivity index (χ2v) is 5.91. The van der Waals surface area contributed by atoms with Crippen LogP contribution in [0, 0.1) is 11.8 Å². The molecule has 1 atom stereocenters. The van der Waals surface area contributed by atoms with Crippen molar-refractivity contribution in [3.05, 3.63) is 24.3 Å². The fourth-order valence-electron chi connectivity index (χ4n) is 2.60. The van der Waals surface area contributed by atoms with E-state index in [9.17, 15) is 4.79 Å². The fourth-order valence-corrected chi connectivity index (χ4v) is 2.60. The molecule has 1 aromatic rings. The Labute approximate surface area is 122 Å². The van der Waals surface area contributed by atoms with Crippen molar-refractivity contribution in [2.24, 2.45) is 11.8 Å². The predicted octanol–water partition coefficient (Wildman–Crippen LogP) is 4.27. The lowest BCUT2D eigenvalue weighted by atomic mass is 10.1. The molecule has 0 spiro atoms. The lowest BCUT2D eigenvalue weighted by Gasteiger charge is -2.13. The molecule has 1 saturated carbocycles. The molecule has 0 heterocycles. The van der Waals surface area contributed by atoms with Crippen molar-refractivity contribution >= 4 is 17.3 Å². The van der Waals surface area contributed by atoms with Crippen molar-refractivity contribution < 1.29 is 4.79 Å². The molecule has 1 amide bonds. The Kier molecular flexibility index (Phi) is 5.45. The molecule has 0 saturated heterocycles. The summed E-state index contributed by atoms with van der Waals surface area (Å²) in [5.74, 6) is 0.995.